The first kappa shape index (κ1) is 13.8. The number of hydrogen-bond acceptors (Lipinski definition) is 4. The van der Waals surface area contributed by atoms with Gasteiger partial charge in [0.1, 0.15) is 0 Å². The topological polar surface area (TPSA) is 88.9 Å². The Morgan fingerprint density at radius 1 is 1.11 bits per heavy atom. The molecule has 0 aliphatic rings. The Kier molecular flexibility index (Phi) is 3.49. The Morgan fingerprint density at radius 2 is 1.68 bits per heavy atom. The summed E-state index contributed by atoms with van der Waals surface area (Å²) >= 11 is 0. The number of fused-ring (bicyclic) bond motifs is 1. The van der Waals surface area contributed by atoms with Crippen molar-refractivity contribution in [3.05, 3.63) is 23.9 Å². The van der Waals surface area contributed by atoms with Crippen LogP contribution < -0.4 is 14.8 Å². The van der Waals surface area contributed by atoms with E-state index in [0.29, 0.717) is 28.1 Å². The molecule has 0 aliphatic heterocycles. The fourth-order valence-corrected chi connectivity index (χ4v) is 2.66. The average molecular weight is 283 g/mol. The van der Waals surface area contributed by atoms with Crippen LogP contribution in [0.3, 0.4) is 0 Å². The number of methoxy groups -OCH3 is 2. The highest BCUT2D eigenvalue weighted by Crippen LogP contribution is 2.37. The standard InChI is InChI=1S/C12H14NO5P/c1-7-12(19(14,15)16)5-8-4-10(17-2)11(18-3)6-9(8)13-7/h4-6H,1-3H3,(H2,14,15,16). The van der Waals surface area contributed by atoms with Gasteiger partial charge in [0.2, 0.25) is 0 Å². The summed E-state index contributed by atoms with van der Waals surface area (Å²) in [6.45, 7) is 1.56. The van der Waals surface area contributed by atoms with Crippen LogP contribution in [0.15, 0.2) is 18.2 Å². The van der Waals surface area contributed by atoms with Crippen LogP contribution in [-0.4, -0.2) is 29.0 Å². The molecule has 19 heavy (non-hydrogen) atoms. The summed E-state index contributed by atoms with van der Waals surface area (Å²) in [5.41, 5.74) is 0.889. The van der Waals surface area contributed by atoms with Crippen molar-refractivity contribution in [1.29, 1.82) is 0 Å². The van der Waals surface area contributed by atoms with Crippen LogP contribution >= 0.6 is 7.60 Å². The Morgan fingerprint density at radius 3 is 2.21 bits per heavy atom. The summed E-state index contributed by atoms with van der Waals surface area (Å²) in [5, 5.41) is 0.508. The molecule has 1 aromatic carbocycles. The molecule has 0 unspecified atom stereocenters. The van der Waals surface area contributed by atoms with Gasteiger partial charge in [-0.3, -0.25) is 9.55 Å². The molecule has 1 heterocycles. The van der Waals surface area contributed by atoms with Gasteiger partial charge in [0.15, 0.2) is 11.5 Å². The minimum atomic E-state index is -4.34. The van der Waals surface area contributed by atoms with Crippen LogP contribution in [0.5, 0.6) is 11.5 Å². The maximum absolute atomic E-state index is 11.4. The lowest BCUT2D eigenvalue weighted by molar-refractivity contribution is 0.356. The summed E-state index contributed by atoms with van der Waals surface area (Å²) in [6, 6.07) is 4.74. The average Bonchev–Trinajstić information content (AvgIpc) is 2.35. The highest BCUT2D eigenvalue weighted by Gasteiger charge is 2.22. The predicted molar refractivity (Wildman–Crippen MR) is 71.3 cm³/mol. The van der Waals surface area contributed by atoms with E-state index in [1.54, 1.807) is 19.1 Å². The Labute approximate surface area is 110 Å². The first-order valence-corrected chi connectivity index (χ1v) is 7.07. The molecule has 0 radical (unpaired) electrons. The van der Waals surface area contributed by atoms with Crippen molar-refractivity contribution in [3.63, 3.8) is 0 Å². The van der Waals surface area contributed by atoms with Gasteiger partial charge in [-0.1, -0.05) is 0 Å². The van der Waals surface area contributed by atoms with E-state index in [1.807, 2.05) is 0 Å². The maximum atomic E-state index is 11.4. The number of benzene rings is 1. The molecular weight excluding hydrogens is 269 g/mol. The van der Waals surface area contributed by atoms with Crippen LogP contribution in [0, 0.1) is 6.92 Å². The molecule has 0 spiro atoms. The molecular formula is C12H14NO5P. The lowest BCUT2D eigenvalue weighted by Gasteiger charge is -2.12. The van der Waals surface area contributed by atoms with E-state index in [9.17, 15) is 14.4 Å². The third-order valence-electron chi connectivity index (χ3n) is 2.80. The zero-order valence-corrected chi connectivity index (χ0v) is 11.6. The lowest BCUT2D eigenvalue weighted by atomic mass is 10.2. The van der Waals surface area contributed by atoms with Crippen LogP contribution in [-0.2, 0) is 4.57 Å². The quantitative estimate of drug-likeness (QED) is 0.827. The second-order valence-corrected chi connectivity index (χ2v) is 5.61. The summed E-state index contributed by atoms with van der Waals surface area (Å²) < 4.78 is 21.7. The SMILES string of the molecule is COc1cc2cc(P(=O)(O)O)c(C)nc2cc1OC. The third-order valence-corrected chi connectivity index (χ3v) is 3.88. The molecule has 7 heteroatoms. The second kappa shape index (κ2) is 4.81. The predicted octanol–water partition coefficient (Wildman–Crippen LogP) is 1.36. The van der Waals surface area contributed by atoms with Crippen molar-refractivity contribution in [2.75, 3.05) is 14.2 Å². The third kappa shape index (κ3) is 2.56. The number of pyridine rings is 1. The molecule has 2 aromatic rings. The minimum absolute atomic E-state index is 0.0766. The van der Waals surface area contributed by atoms with E-state index < -0.39 is 7.60 Å². The highest BCUT2D eigenvalue weighted by molar-refractivity contribution is 7.60. The molecule has 2 rings (SSSR count). The molecule has 0 fully saturated rings. The van der Waals surface area contributed by atoms with Gasteiger partial charge in [0.25, 0.3) is 0 Å². The van der Waals surface area contributed by atoms with Gasteiger partial charge in [-0.25, -0.2) is 0 Å². The number of aryl methyl sites for hydroxylation is 1. The van der Waals surface area contributed by atoms with Gasteiger partial charge in [0, 0.05) is 11.5 Å². The van der Waals surface area contributed by atoms with E-state index in [-0.39, 0.29) is 5.30 Å². The normalized spacial score (nSPS) is 11.6. The van der Waals surface area contributed by atoms with Crippen molar-refractivity contribution >= 4 is 23.8 Å². The monoisotopic (exact) mass is 283 g/mol. The fraction of sp³-hybridized carbons (Fsp3) is 0.250. The van der Waals surface area contributed by atoms with Crippen molar-refractivity contribution in [2.24, 2.45) is 0 Å². The molecule has 0 aliphatic carbocycles. The van der Waals surface area contributed by atoms with E-state index in [4.69, 9.17) is 9.47 Å². The zero-order chi connectivity index (χ0) is 14.2. The minimum Gasteiger partial charge on any atom is -0.493 e. The Bertz CT molecular complexity index is 679. The molecule has 0 bridgehead atoms. The van der Waals surface area contributed by atoms with Crippen LogP contribution in [0.4, 0.5) is 0 Å². The number of nitrogens with zero attached hydrogens (tertiary/aromatic N) is 1. The maximum Gasteiger partial charge on any atom is 0.358 e. The summed E-state index contributed by atoms with van der Waals surface area (Å²) in [4.78, 5) is 22.7. The van der Waals surface area contributed by atoms with Gasteiger partial charge in [-0.15, -0.1) is 0 Å². The Hall–Kier alpha value is -1.62. The number of rotatable bonds is 3. The molecule has 0 saturated heterocycles. The van der Waals surface area contributed by atoms with Crippen LogP contribution in [0.1, 0.15) is 5.69 Å². The Balaban J connectivity index is 2.76. The molecule has 0 atom stereocenters. The number of ether oxygens (including phenoxy) is 2. The first-order chi connectivity index (χ1) is 8.86. The molecule has 1 aromatic heterocycles. The van der Waals surface area contributed by atoms with E-state index in [0.717, 1.165) is 0 Å². The van der Waals surface area contributed by atoms with Gasteiger partial charge >= 0.3 is 7.60 Å². The van der Waals surface area contributed by atoms with E-state index in [1.165, 1.54) is 20.3 Å². The van der Waals surface area contributed by atoms with E-state index in [2.05, 4.69) is 4.98 Å². The molecule has 102 valence electrons. The molecule has 6 nitrogen and oxygen atoms in total. The van der Waals surface area contributed by atoms with Crippen LogP contribution in [0.25, 0.3) is 10.9 Å². The molecule has 0 amide bonds. The largest absolute Gasteiger partial charge is 0.493 e. The van der Waals surface area contributed by atoms with Crippen LogP contribution in [0.2, 0.25) is 0 Å². The molecule has 2 N–H and O–H groups in total. The summed E-state index contributed by atoms with van der Waals surface area (Å²) in [6.07, 6.45) is 0. The smallest absolute Gasteiger partial charge is 0.358 e. The van der Waals surface area contributed by atoms with Crippen molar-refractivity contribution in [1.82, 2.24) is 4.98 Å². The van der Waals surface area contributed by atoms with Crippen molar-refractivity contribution in [3.8, 4) is 11.5 Å². The van der Waals surface area contributed by atoms with Gasteiger partial charge in [-0.05, 0) is 19.1 Å². The first-order valence-electron chi connectivity index (χ1n) is 5.46. The van der Waals surface area contributed by atoms with Gasteiger partial charge in [0.05, 0.1) is 30.7 Å². The summed E-state index contributed by atoms with van der Waals surface area (Å²) in [5.74, 6) is 1.00. The van der Waals surface area contributed by atoms with Crippen molar-refractivity contribution in [2.45, 2.75) is 6.92 Å². The van der Waals surface area contributed by atoms with Crippen molar-refractivity contribution < 1.29 is 23.8 Å². The highest BCUT2D eigenvalue weighted by atomic mass is 31.2. The lowest BCUT2D eigenvalue weighted by Crippen LogP contribution is -2.10. The second-order valence-electron chi connectivity index (χ2n) is 4.04. The fourth-order valence-electron chi connectivity index (χ4n) is 1.88. The summed E-state index contributed by atoms with van der Waals surface area (Å²) in [7, 11) is -1.33. The number of hydrogen-bond donors (Lipinski definition) is 2. The van der Waals surface area contributed by atoms with E-state index >= 15 is 0 Å². The van der Waals surface area contributed by atoms with Gasteiger partial charge in [-0.2, -0.15) is 0 Å². The van der Waals surface area contributed by atoms with Gasteiger partial charge < -0.3 is 19.3 Å². The number of aromatic nitrogens is 1. The molecule has 0 saturated carbocycles. The zero-order valence-electron chi connectivity index (χ0n) is 10.7.